The fraction of sp³-hybridized carbons (Fsp3) is 0.310. The van der Waals surface area contributed by atoms with Gasteiger partial charge < -0.3 is 23.8 Å². The van der Waals surface area contributed by atoms with E-state index >= 15 is 0 Å². The van der Waals surface area contributed by atoms with Crippen molar-refractivity contribution in [1.82, 2.24) is 4.90 Å². The zero-order chi connectivity index (χ0) is 25.7. The topological polar surface area (TPSA) is 74.3 Å². The van der Waals surface area contributed by atoms with Gasteiger partial charge in [-0.05, 0) is 79.9 Å². The Bertz CT molecular complexity index is 1220. The number of benzene rings is 3. The molecule has 0 aliphatic carbocycles. The van der Waals surface area contributed by atoms with Crippen LogP contribution < -0.4 is 14.2 Å². The average molecular weight is 490 g/mol. The van der Waals surface area contributed by atoms with Gasteiger partial charge >= 0.3 is 5.97 Å². The van der Waals surface area contributed by atoms with Crippen LogP contribution in [0.2, 0.25) is 0 Å². The highest BCUT2D eigenvalue weighted by atomic mass is 16.5. The summed E-state index contributed by atoms with van der Waals surface area (Å²) in [7, 11) is 3.21. The number of ether oxygens (including phenoxy) is 4. The van der Waals surface area contributed by atoms with Gasteiger partial charge in [-0.15, -0.1) is 0 Å². The second kappa shape index (κ2) is 11.2. The largest absolute Gasteiger partial charge is 0.493 e. The summed E-state index contributed by atoms with van der Waals surface area (Å²) in [5.41, 5.74) is 4.24. The van der Waals surface area contributed by atoms with Gasteiger partial charge in [-0.2, -0.15) is 0 Å². The Morgan fingerprint density at radius 3 is 2.19 bits per heavy atom. The Hall–Kier alpha value is -4.00. The Kier molecular flexibility index (Phi) is 7.78. The second-order valence-electron chi connectivity index (χ2n) is 8.59. The van der Waals surface area contributed by atoms with Crippen molar-refractivity contribution < 1.29 is 28.5 Å². The van der Waals surface area contributed by atoms with Crippen LogP contribution in [-0.4, -0.2) is 50.8 Å². The fourth-order valence-corrected chi connectivity index (χ4v) is 4.39. The minimum absolute atomic E-state index is 0.0540. The number of hydrogen-bond donors (Lipinski definition) is 0. The van der Waals surface area contributed by atoms with Crippen molar-refractivity contribution in [2.45, 2.75) is 26.3 Å². The fourth-order valence-electron chi connectivity index (χ4n) is 4.39. The molecule has 4 rings (SSSR count). The first kappa shape index (κ1) is 25.1. The van der Waals surface area contributed by atoms with Gasteiger partial charge in [0.15, 0.2) is 11.5 Å². The van der Waals surface area contributed by atoms with Crippen LogP contribution in [0.1, 0.15) is 50.4 Å². The third kappa shape index (κ3) is 5.30. The quantitative estimate of drug-likeness (QED) is 0.414. The zero-order valence-electron chi connectivity index (χ0n) is 21.1. The lowest BCUT2D eigenvalue weighted by atomic mass is 9.91. The molecule has 188 valence electrons. The molecular weight excluding hydrogens is 458 g/mol. The third-order valence-corrected chi connectivity index (χ3v) is 6.34. The molecule has 3 aromatic rings. The normalized spacial score (nSPS) is 14.6. The number of fused-ring (bicyclic) bond motifs is 1. The molecule has 0 N–H and O–H groups in total. The van der Waals surface area contributed by atoms with Crippen molar-refractivity contribution >= 4 is 11.9 Å². The molecule has 7 nitrogen and oxygen atoms in total. The van der Waals surface area contributed by atoms with E-state index in [-0.39, 0.29) is 24.5 Å². The Morgan fingerprint density at radius 2 is 1.56 bits per heavy atom. The van der Waals surface area contributed by atoms with Crippen molar-refractivity contribution in [3.63, 3.8) is 0 Å². The molecule has 0 bridgehead atoms. The molecule has 0 spiro atoms. The number of carbonyl (C=O) groups excluding carboxylic acids is 2. The van der Waals surface area contributed by atoms with Crippen LogP contribution in [0.3, 0.4) is 0 Å². The van der Waals surface area contributed by atoms with Gasteiger partial charge in [0.2, 0.25) is 0 Å². The van der Waals surface area contributed by atoms with Crippen LogP contribution in [0.5, 0.6) is 17.2 Å². The van der Waals surface area contributed by atoms with Gasteiger partial charge in [-0.1, -0.05) is 17.7 Å². The number of methoxy groups -OCH3 is 2. The van der Waals surface area contributed by atoms with Crippen molar-refractivity contribution in [1.29, 1.82) is 0 Å². The van der Waals surface area contributed by atoms with Crippen LogP contribution in [0, 0.1) is 6.92 Å². The molecular formula is C29H31NO6. The van der Waals surface area contributed by atoms with Gasteiger partial charge in [0.25, 0.3) is 5.91 Å². The second-order valence-corrected chi connectivity index (χ2v) is 8.59. The first-order valence-electron chi connectivity index (χ1n) is 12.0. The lowest BCUT2D eigenvalue weighted by Crippen LogP contribution is -2.42. The highest BCUT2D eigenvalue weighted by Crippen LogP contribution is 2.39. The summed E-state index contributed by atoms with van der Waals surface area (Å²) in [6, 6.07) is 18.0. The standard InChI is InChI=1S/C29H31NO6/c1-5-35-29(32)21-10-12-23(13-11-21)36-18-25-24-17-27(34-4)26(33-3)16-22(24)14-15-30(25)28(31)20-8-6-19(2)7-9-20/h6-13,16-17,25H,5,14-15,18H2,1-4H3/t25-/m0/s1. The summed E-state index contributed by atoms with van der Waals surface area (Å²) in [5, 5.41) is 0. The highest BCUT2D eigenvalue weighted by Gasteiger charge is 2.33. The zero-order valence-corrected chi connectivity index (χ0v) is 21.1. The lowest BCUT2D eigenvalue weighted by Gasteiger charge is -2.37. The maximum absolute atomic E-state index is 13.6. The molecule has 36 heavy (non-hydrogen) atoms. The van der Waals surface area contributed by atoms with Crippen LogP contribution in [0.25, 0.3) is 0 Å². The van der Waals surface area contributed by atoms with Crippen LogP contribution in [0.15, 0.2) is 60.7 Å². The SMILES string of the molecule is CCOC(=O)c1ccc(OC[C@H]2c3cc(OC)c(OC)cc3CCN2C(=O)c2ccc(C)cc2)cc1. The average Bonchev–Trinajstić information content (AvgIpc) is 2.91. The Labute approximate surface area is 211 Å². The van der Waals surface area contributed by atoms with Gasteiger partial charge in [0, 0.05) is 12.1 Å². The van der Waals surface area contributed by atoms with E-state index in [0.717, 1.165) is 16.7 Å². The van der Waals surface area contributed by atoms with E-state index in [0.29, 0.717) is 47.9 Å². The first-order chi connectivity index (χ1) is 17.4. The summed E-state index contributed by atoms with van der Waals surface area (Å²) in [4.78, 5) is 27.4. The van der Waals surface area contributed by atoms with Crippen LogP contribution in [-0.2, 0) is 11.2 Å². The summed E-state index contributed by atoms with van der Waals surface area (Å²) >= 11 is 0. The van der Waals surface area contributed by atoms with E-state index in [4.69, 9.17) is 18.9 Å². The van der Waals surface area contributed by atoms with E-state index in [1.807, 2.05) is 48.2 Å². The number of rotatable bonds is 8. The lowest BCUT2D eigenvalue weighted by molar-refractivity contribution is 0.0524. The van der Waals surface area contributed by atoms with Crippen molar-refractivity contribution in [3.05, 3.63) is 88.5 Å². The third-order valence-electron chi connectivity index (χ3n) is 6.34. The number of aryl methyl sites for hydroxylation is 1. The maximum Gasteiger partial charge on any atom is 0.338 e. The van der Waals surface area contributed by atoms with E-state index in [2.05, 4.69) is 0 Å². The molecule has 1 atom stereocenters. The number of nitrogens with zero attached hydrogens (tertiary/aromatic N) is 1. The van der Waals surface area contributed by atoms with E-state index in [1.165, 1.54) is 0 Å². The molecule has 0 saturated heterocycles. The molecule has 0 fully saturated rings. The van der Waals surface area contributed by atoms with E-state index in [1.54, 1.807) is 45.4 Å². The van der Waals surface area contributed by atoms with Crippen molar-refractivity contribution in [2.24, 2.45) is 0 Å². The van der Waals surface area contributed by atoms with Crippen molar-refractivity contribution in [3.8, 4) is 17.2 Å². The van der Waals surface area contributed by atoms with Crippen LogP contribution in [0.4, 0.5) is 0 Å². The molecule has 0 saturated carbocycles. The summed E-state index contributed by atoms with van der Waals surface area (Å²) in [5.74, 6) is 1.43. The van der Waals surface area contributed by atoms with E-state index < -0.39 is 0 Å². The smallest absolute Gasteiger partial charge is 0.338 e. The van der Waals surface area contributed by atoms with Crippen LogP contribution >= 0.6 is 0 Å². The number of carbonyl (C=O) groups is 2. The molecule has 0 radical (unpaired) electrons. The van der Waals surface area contributed by atoms with Crippen molar-refractivity contribution in [2.75, 3.05) is 34.0 Å². The predicted octanol–water partition coefficient (Wildman–Crippen LogP) is 5.01. The van der Waals surface area contributed by atoms with Gasteiger partial charge in [0.05, 0.1) is 32.4 Å². The summed E-state index contributed by atoms with van der Waals surface area (Å²) in [6.45, 7) is 4.86. The molecule has 7 heteroatoms. The van der Waals surface area contributed by atoms with Gasteiger partial charge in [-0.3, -0.25) is 4.79 Å². The molecule has 1 aliphatic heterocycles. The number of hydrogen-bond acceptors (Lipinski definition) is 6. The van der Waals surface area contributed by atoms with Gasteiger partial charge in [-0.25, -0.2) is 4.79 Å². The number of esters is 1. The molecule has 1 heterocycles. The Balaban J connectivity index is 1.63. The molecule has 1 amide bonds. The predicted molar refractivity (Wildman–Crippen MR) is 136 cm³/mol. The monoisotopic (exact) mass is 489 g/mol. The minimum atomic E-state index is -0.374. The summed E-state index contributed by atoms with van der Waals surface area (Å²) < 4.78 is 22.2. The minimum Gasteiger partial charge on any atom is -0.493 e. The Morgan fingerprint density at radius 1 is 0.917 bits per heavy atom. The summed E-state index contributed by atoms with van der Waals surface area (Å²) in [6.07, 6.45) is 0.692. The maximum atomic E-state index is 13.6. The molecule has 3 aromatic carbocycles. The molecule has 0 aromatic heterocycles. The molecule has 1 aliphatic rings. The number of amides is 1. The van der Waals surface area contributed by atoms with E-state index in [9.17, 15) is 9.59 Å². The highest BCUT2D eigenvalue weighted by molar-refractivity contribution is 5.94. The van der Waals surface area contributed by atoms with Gasteiger partial charge in [0.1, 0.15) is 12.4 Å². The molecule has 0 unspecified atom stereocenters. The first-order valence-corrected chi connectivity index (χ1v) is 12.0.